The van der Waals surface area contributed by atoms with Crippen LogP contribution in [0.25, 0.3) is 0 Å². The van der Waals surface area contributed by atoms with Crippen LogP contribution in [0.5, 0.6) is 0 Å². The molecule has 4 nitrogen and oxygen atoms in total. The largest absolute Gasteiger partial charge is 0.478 e. The third-order valence-corrected chi connectivity index (χ3v) is 6.99. The van der Waals surface area contributed by atoms with E-state index in [1.807, 2.05) is 0 Å². The van der Waals surface area contributed by atoms with Gasteiger partial charge in [0.15, 0.2) is 0 Å². The van der Waals surface area contributed by atoms with Gasteiger partial charge in [0.1, 0.15) is 0 Å². The van der Waals surface area contributed by atoms with E-state index in [-0.39, 0.29) is 23.8 Å². The van der Waals surface area contributed by atoms with Gasteiger partial charge in [0, 0.05) is 11.7 Å². The predicted octanol–water partition coefficient (Wildman–Crippen LogP) is 5.99. The van der Waals surface area contributed by atoms with E-state index in [0.29, 0.717) is 0 Å². The van der Waals surface area contributed by atoms with Crippen molar-refractivity contribution >= 4 is 13.3 Å². The predicted molar refractivity (Wildman–Crippen MR) is 104 cm³/mol. The van der Waals surface area contributed by atoms with Crippen molar-refractivity contribution in [2.75, 3.05) is 12.3 Å². The molecule has 25 heavy (non-hydrogen) atoms. The average Bonchev–Trinajstić information content (AvgIpc) is 2.57. The second-order valence-electron chi connectivity index (χ2n) is 7.60. The van der Waals surface area contributed by atoms with Gasteiger partial charge in [-0.05, 0) is 25.2 Å². The number of carboxylic acids is 1. The fourth-order valence-corrected chi connectivity index (χ4v) is 5.26. The summed E-state index contributed by atoms with van der Waals surface area (Å²) in [6.07, 6.45) is 16.4. The van der Waals surface area contributed by atoms with Crippen LogP contribution in [-0.4, -0.2) is 28.3 Å². The van der Waals surface area contributed by atoms with Gasteiger partial charge in [0.05, 0.1) is 6.16 Å². The highest BCUT2D eigenvalue weighted by Gasteiger charge is 2.24. The SMILES string of the molecule is CCCCCCCCCCP(=O)(O)C/C(=C/C1CCCCC1)C(=O)O. The quantitative estimate of drug-likeness (QED) is 0.237. The minimum Gasteiger partial charge on any atom is -0.478 e. The number of allylic oxidation sites excluding steroid dienone is 1. The van der Waals surface area contributed by atoms with Crippen LogP contribution in [-0.2, 0) is 9.36 Å². The molecule has 1 fully saturated rings. The molecule has 5 heteroatoms. The van der Waals surface area contributed by atoms with Gasteiger partial charge in [0.25, 0.3) is 0 Å². The summed E-state index contributed by atoms with van der Waals surface area (Å²) in [6.45, 7) is 2.20. The molecule has 1 atom stereocenters. The molecule has 1 rings (SSSR count). The minimum atomic E-state index is -3.39. The van der Waals surface area contributed by atoms with Gasteiger partial charge in [-0.3, -0.25) is 4.57 Å². The molecule has 1 aliphatic rings. The smallest absolute Gasteiger partial charge is 0.331 e. The first kappa shape index (κ1) is 22.4. The molecule has 146 valence electrons. The zero-order valence-corrected chi connectivity index (χ0v) is 16.8. The topological polar surface area (TPSA) is 74.6 Å². The summed E-state index contributed by atoms with van der Waals surface area (Å²) in [7, 11) is -3.39. The molecule has 1 unspecified atom stereocenters. The van der Waals surface area contributed by atoms with Crippen molar-refractivity contribution in [2.45, 2.75) is 90.4 Å². The summed E-state index contributed by atoms with van der Waals surface area (Å²) in [5.41, 5.74) is 0.150. The highest BCUT2D eigenvalue weighted by molar-refractivity contribution is 7.58. The van der Waals surface area contributed by atoms with Crippen molar-refractivity contribution in [1.82, 2.24) is 0 Å². The zero-order valence-electron chi connectivity index (χ0n) is 15.9. The van der Waals surface area contributed by atoms with E-state index in [0.717, 1.165) is 44.9 Å². The van der Waals surface area contributed by atoms with Gasteiger partial charge >= 0.3 is 5.97 Å². The van der Waals surface area contributed by atoms with E-state index in [1.165, 1.54) is 38.5 Å². The highest BCUT2D eigenvalue weighted by Crippen LogP contribution is 2.44. The average molecular weight is 372 g/mol. The van der Waals surface area contributed by atoms with Crippen LogP contribution in [0.2, 0.25) is 0 Å². The first-order valence-corrected chi connectivity index (χ1v) is 12.2. The lowest BCUT2D eigenvalue weighted by Gasteiger charge is -2.19. The molecule has 0 aromatic carbocycles. The Hall–Kier alpha value is -0.600. The molecular weight excluding hydrogens is 335 g/mol. The van der Waals surface area contributed by atoms with Gasteiger partial charge in [-0.25, -0.2) is 4.79 Å². The third-order valence-electron chi connectivity index (χ3n) is 5.14. The molecule has 0 aromatic rings. The molecule has 0 radical (unpaired) electrons. The lowest BCUT2D eigenvalue weighted by Crippen LogP contribution is -2.12. The van der Waals surface area contributed by atoms with Crippen molar-refractivity contribution in [2.24, 2.45) is 5.92 Å². The van der Waals surface area contributed by atoms with Crippen molar-refractivity contribution in [3.8, 4) is 0 Å². The monoisotopic (exact) mass is 372 g/mol. The molecule has 0 aliphatic heterocycles. The van der Waals surface area contributed by atoms with E-state index < -0.39 is 13.3 Å². The van der Waals surface area contributed by atoms with Crippen LogP contribution in [0.3, 0.4) is 0 Å². The molecule has 0 saturated heterocycles. The maximum atomic E-state index is 12.4. The molecule has 0 bridgehead atoms. The normalized spacial score (nSPS) is 18.9. The number of aliphatic carboxylic acids is 1. The summed E-state index contributed by atoms with van der Waals surface area (Å²) in [4.78, 5) is 21.6. The Morgan fingerprint density at radius 1 is 1.00 bits per heavy atom. The second kappa shape index (κ2) is 12.7. The first-order chi connectivity index (χ1) is 11.9. The van der Waals surface area contributed by atoms with Crippen LogP contribution < -0.4 is 0 Å². The first-order valence-electron chi connectivity index (χ1n) is 10.2. The Bertz CT molecular complexity index is 453. The van der Waals surface area contributed by atoms with Crippen LogP contribution in [0.4, 0.5) is 0 Å². The van der Waals surface area contributed by atoms with E-state index >= 15 is 0 Å². The lowest BCUT2D eigenvalue weighted by atomic mass is 9.88. The summed E-state index contributed by atoms with van der Waals surface area (Å²) in [6, 6.07) is 0. The minimum absolute atomic E-state index is 0.150. The molecule has 0 spiro atoms. The van der Waals surface area contributed by atoms with Crippen molar-refractivity contribution in [3.63, 3.8) is 0 Å². The summed E-state index contributed by atoms with van der Waals surface area (Å²) >= 11 is 0. The molecule has 1 saturated carbocycles. The molecule has 0 aromatic heterocycles. The standard InChI is InChI=1S/C20H37O4P/c1-2-3-4-5-6-7-8-12-15-25(23,24)17-19(20(21)22)16-18-13-10-9-11-14-18/h16,18H,2-15,17H2,1H3,(H,21,22)(H,23,24)/b19-16-. The van der Waals surface area contributed by atoms with E-state index in [4.69, 9.17) is 0 Å². The fourth-order valence-electron chi connectivity index (χ4n) is 3.61. The van der Waals surface area contributed by atoms with Crippen molar-refractivity contribution in [3.05, 3.63) is 11.6 Å². The lowest BCUT2D eigenvalue weighted by molar-refractivity contribution is -0.132. The number of unbranched alkanes of at least 4 members (excludes halogenated alkanes) is 7. The third kappa shape index (κ3) is 10.9. The highest BCUT2D eigenvalue weighted by atomic mass is 31.2. The Balaban J connectivity index is 2.33. The summed E-state index contributed by atoms with van der Waals surface area (Å²) < 4.78 is 12.4. The van der Waals surface area contributed by atoms with Crippen molar-refractivity contribution in [1.29, 1.82) is 0 Å². The van der Waals surface area contributed by atoms with Gasteiger partial charge in [-0.15, -0.1) is 0 Å². The summed E-state index contributed by atoms with van der Waals surface area (Å²) in [5, 5.41) is 9.38. The number of hydrogen-bond donors (Lipinski definition) is 2. The van der Waals surface area contributed by atoms with Gasteiger partial charge in [0.2, 0.25) is 7.37 Å². The molecular formula is C20H37O4P. The Kier molecular flexibility index (Phi) is 11.4. The summed E-state index contributed by atoms with van der Waals surface area (Å²) in [5.74, 6) is -0.765. The van der Waals surface area contributed by atoms with E-state index in [2.05, 4.69) is 6.92 Å². The number of carbonyl (C=O) groups is 1. The molecule has 0 amide bonds. The molecule has 0 heterocycles. The number of rotatable bonds is 13. The number of carboxylic acid groups (broad SMARTS) is 1. The van der Waals surface area contributed by atoms with Crippen molar-refractivity contribution < 1.29 is 19.4 Å². The molecule has 1 aliphatic carbocycles. The van der Waals surface area contributed by atoms with Gasteiger partial charge in [-0.2, -0.15) is 0 Å². The van der Waals surface area contributed by atoms with Crippen LogP contribution in [0.15, 0.2) is 11.6 Å². The maximum Gasteiger partial charge on any atom is 0.331 e. The Morgan fingerprint density at radius 3 is 2.12 bits per heavy atom. The Morgan fingerprint density at radius 2 is 1.56 bits per heavy atom. The second-order valence-corrected chi connectivity index (χ2v) is 10.1. The van der Waals surface area contributed by atoms with E-state index in [1.54, 1.807) is 6.08 Å². The van der Waals surface area contributed by atoms with Gasteiger partial charge in [-0.1, -0.05) is 77.2 Å². The van der Waals surface area contributed by atoms with Crippen LogP contribution in [0, 0.1) is 5.92 Å². The number of hydrogen-bond acceptors (Lipinski definition) is 2. The maximum absolute atomic E-state index is 12.4. The van der Waals surface area contributed by atoms with E-state index in [9.17, 15) is 19.4 Å². The van der Waals surface area contributed by atoms with Crippen LogP contribution >= 0.6 is 7.37 Å². The van der Waals surface area contributed by atoms with Crippen LogP contribution in [0.1, 0.15) is 90.4 Å². The van der Waals surface area contributed by atoms with Gasteiger partial charge < -0.3 is 10.00 Å². The molecule has 2 N–H and O–H groups in total. The zero-order chi connectivity index (χ0) is 18.5. The Labute approximate surface area is 153 Å². The fraction of sp³-hybridized carbons (Fsp3) is 0.850.